The summed E-state index contributed by atoms with van der Waals surface area (Å²) in [6.07, 6.45) is 2.22. The van der Waals surface area contributed by atoms with Crippen molar-refractivity contribution in [1.82, 2.24) is 4.57 Å². The molecule has 2 aromatic carbocycles. The molecule has 0 atom stereocenters. The van der Waals surface area contributed by atoms with Gasteiger partial charge in [-0.15, -0.1) is 0 Å². The molecule has 3 heteroatoms. The van der Waals surface area contributed by atoms with Crippen LogP contribution in [0, 0.1) is 13.8 Å². The van der Waals surface area contributed by atoms with Gasteiger partial charge in [-0.2, -0.15) is 0 Å². The molecule has 0 amide bonds. The Morgan fingerprint density at radius 2 is 1.70 bits per heavy atom. The predicted molar refractivity (Wildman–Crippen MR) is 103 cm³/mol. The van der Waals surface area contributed by atoms with Crippen molar-refractivity contribution in [3.8, 4) is 11.3 Å². The van der Waals surface area contributed by atoms with Crippen molar-refractivity contribution in [2.45, 2.75) is 25.7 Å². The molecular formula is C20H19BrClN. The SMILES string of the molecule is Cc1ccc(Cn2cc(CBr)cc2-c2ccc(Cl)c(C)c2)cc1. The first-order valence-electron chi connectivity index (χ1n) is 7.64. The predicted octanol–water partition coefficient (Wildman–Crippen LogP) is 6.37. The second-order valence-electron chi connectivity index (χ2n) is 5.94. The second kappa shape index (κ2) is 6.94. The second-order valence-corrected chi connectivity index (χ2v) is 6.91. The van der Waals surface area contributed by atoms with E-state index in [0.717, 1.165) is 22.5 Å². The molecule has 0 unspecified atom stereocenters. The lowest BCUT2D eigenvalue weighted by atomic mass is 10.1. The molecule has 23 heavy (non-hydrogen) atoms. The fraction of sp³-hybridized carbons (Fsp3) is 0.200. The summed E-state index contributed by atoms with van der Waals surface area (Å²) < 4.78 is 2.31. The molecule has 0 spiro atoms. The van der Waals surface area contributed by atoms with E-state index in [1.54, 1.807) is 0 Å². The van der Waals surface area contributed by atoms with E-state index in [-0.39, 0.29) is 0 Å². The highest BCUT2D eigenvalue weighted by Gasteiger charge is 2.09. The van der Waals surface area contributed by atoms with E-state index in [1.807, 2.05) is 13.0 Å². The van der Waals surface area contributed by atoms with Gasteiger partial charge in [-0.1, -0.05) is 63.4 Å². The molecule has 0 aliphatic carbocycles. The average Bonchev–Trinajstić information content (AvgIpc) is 2.95. The van der Waals surface area contributed by atoms with Crippen LogP contribution >= 0.6 is 27.5 Å². The van der Waals surface area contributed by atoms with Crippen LogP contribution in [0.3, 0.4) is 0 Å². The zero-order valence-corrected chi connectivity index (χ0v) is 15.7. The van der Waals surface area contributed by atoms with Crippen LogP contribution in [0.1, 0.15) is 22.3 Å². The van der Waals surface area contributed by atoms with Gasteiger partial charge in [0.2, 0.25) is 0 Å². The Labute approximate surface area is 151 Å². The standard InChI is InChI=1S/C20H19BrClN/c1-14-3-5-16(6-4-14)12-23-13-17(11-21)10-20(23)18-7-8-19(22)15(2)9-18/h3-10,13H,11-12H2,1-2H3. The first-order chi connectivity index (χ1) is 11.1. The van der Waals surface area contributed by atoms with Crippen LogP contribution in [0.4, 0.5) is 0 Å². The highest BCUT2D eigenvalue weighted by atomic mass is 79.9. The summed E-state index contributed by atoms with van der Waals surface area (Å²) in [5.41, 5.74) is 7.40. The number of hydrogen-bond acceptors (Lipinski definition) is 0. The molecule has 0 radical (unpaired) electrons. The molecule has 1 nitrogen and oxygen atoms in total. The molecule has 0 aliphatic heterocycles. The van der Waals surface area contributed by atoms with E-state index in [4.69, 9.17) is 11.6 Å². The lowest BCUT2D eigenvalue weighted by Gasteiger charge is -2.11. The van der Waals surface area contributed by atoms with Crippen LogP contribution in [0.5, 0.6) is 0 Å². The Morgan fingerprint density at radius 1 is 0.957 bits per heavy atom. The maximum atomic E-state index is 6.17. The third kappa shape index (κ3) is 3.70. The van der Waals surface area contributed by atoms with Gasteiger partial charge >= 0.3 is 0 Å². The Bertz CT molecular complexity index is 818. The van der Waals surface area contributed by atoms with E-state index in [1.165, 1.54) is 27.9 Å². The van der Waals surface area contributed by atoms with Gasteiger partial charge in [0.05, 0.1) is 0 Å². The summed E-state index contributed by atoms with van der Waals surface area (Å²) >= 11 is 9.73. The summed E-state index contributed by atoms with van der Waals surface area (Å²) in [5.74, 6) is 0. The van der Waals surface area contributed by atoms with Crippen LogP contribution in [0.25, 0.3) is 11.3 Å². The van der Waals surface area contributed by atoms with Crippen molar-refractivity contribution in [3.05, 3.63) is 82.0 Å². The highest BCUT2D eigenvalue weighted by molar-refractivity contribution is 9.08. The van der Waals surface area contributed by atoms with Gasteiger partial charge in [-0.25, -0.2) is 0 Å². The van der Waals surface area contributed by atoms with E-state index in [0.29, 0.717) is 0 Å². The molecule has 0 bridgehead atoms. The molecule has 118 valence electrons. The molecule has 3 aromatic rings. The molecule has 0 fully saturated rings. The lowest BCUT2D eigenvalue weighted by Crippen LogP contribution is -2.00. The fourth-order valence-electron chi connectivity index (χ4n) is 2.71. The number of aromatic nitrogens is 1. The van der Waals surface area contributed by atoms with Crippen LogP contribution in [-0.2, 0) is 11.9 Å². The smallest absolute Gasteiger partial charge is 0.0486 e. The van der Waals surface area contributed by atoms with Crippen molar-refractivity contribution < 1.29 is 0 Å². The monoisotopic (exact) mass is 387 g/mol. The maximum absolute atomic E-state index is 6.17. The minimum Gasteiger partial charge on any atom is -0.343 e. The summed E-state index contributed by atoms with van der Waals surface area (Å²) in [6, 6.07) is 17.2. The third-order valence-electron chi connectivity index (χ3n) is 4.03. The quantitative estimate of drug-likeness (QED) is 0.458. The lowest BCUT2D eigenvalue weighted by molar-refractivity contribution is 0.811. The number of alkyl halides is 1. The van der Waals surface area contributed by atoms with Gasteiger partial charge in [0, 0.05) is 28.8 Å². The first kappa shape index (κ1) is 16.4. The molecule has 1 heterocycles. The number of rotatable bonds is 4. The number of benzene rings is 2. The number of halogens is 2. The van der Waals surface area contributed by atoms with Crippen molar-refractivity contribution in [2.75, 3.05) is 0 Å². The topological polar surface area (TPSA) is 4.93 Å². The minimum atomic E-state index is 0.811. The Balaban J connectivity index is 2.00. The number of hydrogen-bond donors (Lipinski definition) is 0. The van der Waals surface area contributed by atoms with E-state index >= 15 is 0 Å². The van der Waals surface area contributed by atoms with Gasteiger partial charge < -0.3 is 4.57 Å². The van der Waals surface area contributed by atoms with E-state index in [2.05, 4.69) is 76.1 Å². The Kier molecular flexibility index (Phi) is 4.93. The van der Waals surface area contributed by atoms with Gasteiger partial charge in [0.25, 0.3) is 0 Å². The van der Waals surface area contributed by atoms with Crippen LogP contribution in [0.2, 0.25) is 5.02 Å². The van der Waals surface area contributed by atoms with Gasteiger partial charge in [0.1, 0.15) is 0 Å². The van der Waals surface area contributed by atoms with Crippen LogP contribution in [-0.4, -0.2) is 4.57 Å². The van der Waals surface area contributed by atoms with Crippen LogP contribution < -0.4 is 0 Å². The van der Waals surface area contributed by atoms with E-state index < -0.39 is 0 Å². The molecule has 3 rings (SSSR count). The average molecular weight is 389 g/mol. The fourth-order valence-corrected chi connectivity index (χ4v) is 3.14. The van der Waals surface area contributed by atoms with Crippen molar-refractivity contribution in [2.24, 2.45) is 0 Å². The van der Waals surface area contributed by atoms with Crippen molar-refractivity contribution in [1.29, 1.82) is 0 Å². The third-order valence-corrected chi connectivity index (χ3v) is 5.11. The normalized spacial score (nSPS) is 11.0. The van der Waals surface area contributed by atoms with Gasteiger partial charge in [-0.05, 0) is 54.3 Å². The summed E-state index contributed by atoms with van der Waals surface area (Å²) in [5, 5.41) is 1.67. The molecule has 0 N–H and O–H groups in total. The Hall–Kier alpha value is -1.51. The molecular weight excluding hydrogens is 370 g/mol. The maximum Gasteiger partial charge on any atom is 0.0486 e. The zero-order chi connectivity index (χ0) is 16.4. The largest absolute Gasteiger partial charge is 0.343 e. The summed E-state index contributed by atoms with van der Waals surface area (Å²) in [7, 11) is 0. The van der Waals surface area contributed by atoms with Crippen LogP contribution in [0.15, 0.2) is 54.7 Å². The molecule has 0 aliphatic rings. The van der Waals surface area contributed by atoms with Crippen molar-refractivity contribution >= 4 is 27.5 Å². The molecule has 0 saturated heterocycles. The number of aryl methyl sites for hydroxylation is 2. The van der Waals surface area contributed by atoms with Gasteiger partial charge in [-0.3, -0.25) is 0 Å². The Morgan fingerprint density at radius 3 is 2.35 bits per heavy atom. The molecule has 0 saturated carbocycles. The summed E-state index contributed by atoms with van der Waals surface area (Å²) in [6.45, 7) is 5.03. The highest BCUT2D eigenvalue weighted by Crippen LogP contribution is 2.28. The zero-order valence-electron chi connectivity index (χ0n) is 13.3. The molecule has 1 aromatic heterocycles. The van der Waals surface area contributed by atoms with Gasteiger partial charge in [0.15, 0.2) is 0 Å². The van der Waals surface area contributed by atoms with E-state index in [9.17, 15) is 0 Å². The summed E-state index contributed by atoms with van der Waals surface area (Å²) in [4.78, 5) is 0. The first-order valence-corrected chi connectivity index (χ1v) is 9.14. The minimum absolute atomic E-state index is 0.811. The van der Waals surface area contributed by atoms with Crippen molar-refractivity contribution in [3.63, 3.8) is 0 Å². The number of nitrogens with zero attached hydrogens (tertiary/aromatic N) is 1.